The van der Waals surface area contributed by atoms with E-state index in [1.807, 2.05) is 13.0 Å². The van der Waals surface area contributed by atoms with Gasteiger partial charge >= 0.3 is 0 Å². The fourth-order valence-electron chi connectivity index (χ4n) is 1.38. The molecule has 82 valence electrons. The third kappa shape index (κ3) is 1.72. The molecule has 0 bridgehead atoms. The van der Waals surface area contributed by atoms with Crippen molar-refractivity contribution in [2.45, 2.75) is 6.92 Å². The first-order valence-corrected chi connectivity index (χ1v) is 4.66. The van der Waals surface area contributed by atoms with E-state index >= 15 is 0 Å². The second-order valence-corrected chi connectivity index (χ2v) is 3.40. The maximum atomic E-state index is 11.0. The molecular weight excluding hydrogens is 206 g/mol. The van der Waals surface area contributed by atoms with Crippen LogP contribution in [-0.2, 0) is 0 Å². The molecule has 0 spiro atoms. The van der Waals surface area contributed by atoms with Gasteiger partial charge in [-0.2, -0.15) is 5.10 Å². The minimum Gasteiger partial charge on any atom is -0.396 e. The summed E-state index contributed by atoms with van der Waals surface area (Å²) in [6, 6.07) is 3.60. The number of primary amides is 1. The summed E-state index contributed by atoms with van der Waals surface area (Å²) in [5.74, 6) is -0.637. The number of anilines is 1. The summed E-state index contributed by atoms with van der Waals surface area (Å²) in [6.45, 7) is 1.87. The monoisotopic (exact) mass is 217 g/mol. The van der Waals surface area contributed by atoms with Crippen molar-refractivity contribution < 1.29 is 4.79 Å². The van der Waals surface area contributed by atoms with Crippen LogP contribution in [0.1, 0.15) is 16.2 Å². The molecule has 1 amide bonds. The Labute approximate surface area is 91.9 Å². The molecule has 2 aromatic heterocycles. The van der Waals surface area contributed by atoms with Crippen molar-refractivity contribution in [1.29, 1.82) is 0 Å². The topological polar surface area (TPSA) is 99.8 Å². The molecule has 6 heteroatoms. The zero-order chi connectivity index (χ0) is 11.7. The highest BCUT2D eigenvalue weighted by Crippen LogP contribution is 2.13. The van der Waals surface area contributed by atoms with Gasteiger partial charge < -0.3 is 11.5 Å². The Balaban J connectivity index is 2.49. The van der Waals surface area contributed by atoms with Crippen LogP contribution in [0.25, 0.3) is 5.69 Å². The number of nitrogens with zero attached hydrogens (tertiary/aromatic N) is 3. The van der Waals surface area contributed by atoms with Crippen LogP contribution in [0.4, 0.5) is 5.69 Å². The number of hydrogen-bond acceptors (Lipinski definition) is 4. The predicted octanol–water partition coefficient (Wildman–Crippen LogP) is 0.257. The Kier molecular flexibility index (Phi) is 2.32. The summed E-state index contributed by atoms with van der Waals surface area (Å²) in [5, 5.41) is 4.01. The van der Waals surface area contributed by atoms with E-state index in [-0.39, 0.29) is 11.4 Å². The van der Waals surface area contributed by atoms with Gasteiger partial charge in [-0.3, -0.25) is 9.78 Å². The smallest absolute Gasteiger partial charge is 0.271 e. The molecule has 0 radical (unpaired) electrons. The second-order valence-electron chi connectivity index (χ2n) is 3.40. The number of rotatable bonds is 2. The minimum atomic E-state index is -0.637. The van der Waals surface area contributed by atoms with E-state index in [0.29, 0.717) is 0 Å². The minimum absolute atomic E-state index is 0.0782. The lowest BCUT2D eigenvalue weighted by Crippen LogP contribution is -2.14. The first-order chi connectivity index (χ1) is 7.58. The third-order valence-electron chi connectivity index (χ3n) is 2.12. The number of pyridine rings is 1. The number of aromatic nitrogens is 3. The number of hydrogen-bond donors (Lipinski definition) is 2. The van der Waals surface area contributed by atoms with Gasteiger partial charge in [-0.1, -0.05) is 0 Å². The SMILES string of the molecule is Cc1cc(-n2cc(N)c(C(N)=O)n2)ccn1. The largest absolute Gasteiger partial charge is 0.396 e. The van der Waals surface area contributed by atoms with Gasteiger partial charge in [0.15, 0.2) is 5.69 Å². The van der Waals surface area contributed by atoms with Crippen molar-refractivity contribution in [3.05, 3.63) is 35.9 Å². The number of nitrogen functional groups attached to an aromatic ring is 1. The lowest BCUT2D eigenvalue weighted by atomic mass is 10.3. The van der Waals surface area contributed by atoms with Crippen molar-refractivity contribution in [1.82, 2.24) is 14.8 Å². The van der Waals surface area contributed by atoms with Crippen molar-refractivity contribution in [3.63, 3.8) is 0 Å². The van der Waals surface area contributed by atoms with Crippen LogP contribution < -0.4 is 11.5 Å². The molecule has 2 aromatic rings. The maximum absolute atomic E-state index is 11.0. The summed E-state index contributed by atoms with van der Waals surface area (Å²) < 4.78 is 1.50. The van der Waals surface area contributed by atoms with Gasteiger partial charge in [-0.05, 0) is 19.1 Å². The summed E-state index contributed by atoms with van der Waals surface area (Å²) >= 11 is 0. The highest BCUT2D eigenvalue weighted by molar-refractivity contribution is 5.95. The van der Waals surface area contributed by atoms with E-state index < -0.39 is 5.91 Å². The number of amides is 1. The van der Waals surface area contributed by atoms with E-state index in [2.05, 4.69) is 10.1 Å². The molecule has 2 heterocycles. The first-order valence-electron chi connectivity index (χ1n) is 4.66. The molecule has 0 fully saturated rings. The summed E-state index contributed by atoms with van der Waals surface area (Å²) in [7, 11) is 0. The van der Waals surface area contributed by atoms with E-state index in [0.717, 1.165) is 11.4 Å². The van der Waals surface area contributed by atoms with Crippen LogP contribution >= 0.6 is 0 Å². The molecule has 0 aromatic carbocycles. The van der Waals surface area contributed by atoms with E-state index in [9.17, 15) is 4.79 Å². The van der Waals surface area contributed by atoms with Crippen LogP contribution in [0, 0.1) is 6.92 Å². The Morgan fingerprint density at radius 3 is 2.81 bits per heavy atom. The molecule has 0 atom stereocenters. The Hall–Kier alpha value is -2.37. The number of aryl methyl sites for hydroxylation is 1. The van der Waals surface area contributed by atoms with Gasteiger partial charge in [-0.15, -0.1) is 0 Å². The Morgan fingerprint density at radius 2 is 2.25 bits per heavy atom. The molecule has 16 heavy (non-hydrogen) atoms. The molecule has 0 aliphatic rings. The second kappa shape index (κ2) is 3.65. The van der Waals surface area contributed by atoms with E-state index in [4.69, 9.17) is 11.5 Å². The van der Waals surface area contributed by atoms with Gasteiger partial charge in [0.05, 0.1) is 17.6 Å². The zero-order valence-electron chi connectivity index (χ0n) is 8.71. The van der Waals surface area contributed by atoms with Gasteiger partial charge in [0.2, 0.25) is 0 Å². The van der Waals surface area contributed by atoms with Crippen LogP contribution in [0.2, 0.25) is 0 Å². The quantitative estimate of drug-likeness (QED) is 0.753. The van der Waals surface area contributed by atoms with Crippen LogP contribution in [0.3, 0.4) is 0 Å². The van der Waals surface area contributed by atoms with Gasteiger partial charge in [0.1, 0.15) is 0 Å². The van der Waals surface area contributed by atoms with Crippen LogP contribution in [0.5, 0.6) is 0 Å². The Morgan fingerprint density at radius 1 is 1.50 bits per heavy atom. The number of carbonyl (C=O) groups excluding carboxylic acids is 1. The van der Waals surface area contributed by atoms with E-state index in [1.165, 1.54) is 4.68 Å². The third-order valence-corrected chi connectivity index (χ3v) is 2.12. The summed E-state index contributed by atoms with van der Waals surface area (Å²) in [6.07, 6.45) is 3.21. The normalized spacial score (nSPS) is 10.3. The molecule has 0 unspecified atom stereocenters. The molecule has 6 nitrogen and oxygen atoms in total. The lowest BCUT2D eigenvalue weighted by Gasteiger charge is -2.00. The number of nitrogens with two attached hydrogens (primary N) is 2. The van der Waals surface area contributed by atoms with E-state index in [1.54, 1.807) is 18.5 Å². The summed E-state index contributed by atoms with van der Waals surface area (Å²) in [5.41, 5.74) is 12.7. The fraction of sp³-hybridized carbons (Fsp3) is 0.100. The summed E-state index contributed by atoms with van der Waals surface area (Å²) in [4.78, 5) is 15.1. The van der Waals surface area contributed by atoms with Crippen molar-refractivity contribution in [2.75, 3.05) is 5.73 Å². The molecular formula is C10H11N5O. The molecule has 0 aliphatic heterocycles. The van der Waals surface area contributed by atoms with Crippen LogP contribution in [0.15, 0.2) is 24.5 Å². The van der Waals surface area contributed by atoms with Gasteiger partial charge in [0, 0.05) is 11.9 Å². The average molecular weight is 217 g/mol. The number of carbonyl (C=O) groups is 1. The molecule has 4 N–H and O–H groups in total. The van der Waals surface area contributed by atoms with Crippen LogP contribution in [-0.4, -0.2) is 20.7 Å². The standard InChI is InChI=1S/C10H11N5O/c1-6-4-7(2-3-13-6)15-5-8(11)9(14-15)10(12)16/h2-5H,11H2,1H3,(H2,12,16). The van der Waals surface area contributed by atoms with Gasteiger partial charge in [-0.25, -0.2) is 4.68 Å². The average Bonchev–Trinajstić information content (AvgIpc) is 2.60. The van der Waals surface area contributed by atoms with Crippen molar-refractivity contribution in [3.8, 4) is 5.69 Å². The molecule has 0 saturated heterocycles. The van der Waals surface area contributed by atoms with Crippen molar-refractivity contribution in [2.24, 2.45) is 5.73 Å². The highest BCUT2D eigenvalue weighted by Gasteiger charge is 2.11. The predicted molar refractivity (Wildman–Crippen MR) is 59.0 cm³/mol. The molecule has 0 saturated carbocycles. The molecule has 0 aliphatic carbocycles. The molecule has 2 rings (SSSR count). The fourth-order valence-corrected chi connectivity index (χ4v) is 1.38. The lowest BCUT2D eigenvalue weighted by molar-refractivity contribution is 0.0996. The van der Waals surface area contributed by atoms with Gasteiger partial charge in [0.25, 0.3) is 5.91 Å². The first kappa shape index (κ1) is 10.2. The highest BCUT2D eigenvalue weighted by atomic mass is 16.1. The van der Waals surface area contributed by atoms with Crippen molar-refractivity contribution >= 4 is 11.6 Å². The zero-order valence-corrected chi connectivity index (χ0v) is 8.71. The Bertz CT molecular complexity index is 546. The maximum Gasteiger partial charge on any atom is 0.271 e.